The van der Waals surface area contributed by atoms with E-state index in [1.54, 1.807) is 23.1 Å². The van der Waals surface area contributed by atoms with Gasteiger partial charge in [0.25, 0.3) is 0 Å². The zero-order valence-electron chi connectivity index (χ0n) is 9.28. The molecule has 17 heavy (non-hydrogen) atoms. The lowest BCUT2D eigenvalue weighted by molar-refractivity contribution is 0.281. The number of hydrogen-bond donors (Lipinski definition) is 3. The van der Waals surface area contributed by atoms with Gasteiger partial charge in [0, 0.05) is 13.1 Å². The van der Waals surface area contributed by atoms with Gasteiger partial charge in [0.1, 0.15) is 4.90 Å². The van der Waals surface area contributed by atoms with E-state index < -0.39 is 10.0 Å². The summed E-state index contributed by atoms with van der Waals surface area (Å²) >= 11 is 0. The first kappa shape index (κ1) is 13.9. The fourth-order valence-corrected chi connectivity index (χ4v) is 2.31. The highest BCUT2D eigenvalue weighted by molar-refractivity contribution is 7.89. The number of anilines is 1. The molecule has 7 heteroatoms. The van der Waals surface area contributed by atoms with Crippen molar-refractivity contribution in [1.82, 2.24) is 0 Å². The van der Waals surface area contributed by atoms with Gasteiger partial charge in [-0.25, -0.2) is 13.6 Å². The van der Waals surface area contributed by atoms with Crippen molar-refractivity contribution in [2.45, 2.75) is 4.90 Å². The lowest BCUT2D eigenvalue weighted by atomic mass is 10.3. The van der Waals surface area contributed by atoms with E-state index in [0.717, 1.165) is 0 Å². The van der Waals surface area contributed by atoms with Crippen LogP contribution in [0.4, 0.5) is 5.69 Å². The zero-order chi connectivity index (χ0) is 12.9. The molecule has 0 bridgehead atoms. The Morgan fingerprint density at radius 3 is 2.12 bits per heavy atom. The van der Waals surface area contributed by atoms with E-state index in [0.29, 0.717) is 5.69 Å². The molecule has 0 spiro atoms. The quantitative estimate of drug-likeness (QED) is 0.616. The number of nitrogens with two attached hydrogens (primary N) is 1. The second-order valence-corrected chi connectivity index (χ2v) is 4.98. The molecular weight excluding hydrogens is 244 g/mol. The number of nitrogens with zero attached hydrogens (tertiary/aromatic N) is 1. The molecule has 0 fully saturated rings. The molecule has 0 unspecified atom stereocenters. The number of benzene rings is 1. The Labute approximate surface area is 100 Å². The van der Waals surface area contributed by atoms with Gasteiger partial charge in [0.05, 0.1) is 18.9 Å². The van der Waals surface area contributed by atoms with Gasteiger partial charge in [-0.1, -0.05) is 12.1 Å². The Balaban J connectivity index is 3.18. The molecule has 0 radical (unpaired) electrons. The van der Waals surface area contributed by atoms with Crippen molar-refractivity contribution in [3.63, 3.8) is 0 Å². The van der Waals surface area contributed by atoms with Crippen LogP contribution in [0.15, 0.2) is 29.2 Å². The van der Waals surface area contributed by atoms with Crippen LogP contribution >= 0.6 is 0 Å². The van der Waals surface area contributed by atoms with Crippen LogP contribution in [-0.2, 0) is 10.0 Å². The summed E-state index contributed by atoms with van der Waals surface area (Å²) in [5.74, 6) is 0. The zero-order valence-corrected chi connectivity index (χ0v) is 10.1. The molecule has 0 atom stereocenters. The second kappa shape index (κ2) is 5.97. The van der Waals surface area contributed by atoms with Crippen molar-refractivity contribution < 1.29 is 18.6 Å². The van der Waals surface area contributed by atoms with Crippen LogP contribution in [0.1, 0.15) is 0 Å². The van der Waals surface area contributed by atoms with E-state index in [4.69, 9.17) is 15.4 Å². The van der Waals surface area contributed by atoms with E-state index in [9.17, 15) is 8.42 Å². The predicted octanol–water partition coefficient (Wildman–Crippen LogP) is -0.875. The summed E-state index contributed by atoms with van der Waals surface area (Å²) in [6, 6.07) is 6.22. The van der Waals surface area contributed by atoms with Crippen LogP contribution in [0, 0.1) is 0 Å². The van der Waals surface area contributed by atoms with Crippen molar-refractivity contribution in [1.29, 1.82) is 0 Å². The van der Waals surface area contributed by atoms with Crippen LogP contribution in [0.3, 0.4) is 0 Å². The van der Waals surface area contributed by atoms with E-state index in [1.165, 1.54) is 6.07 Å². The van der Waals surface area contributed by atoms with E-state index in [2.05, 4.69) is 0 Å². The summed E-state index contributed by atoms with van der Waals surface area (Å²) in [6.45, 7) is 0.179. The van der Waals surface area contributed by atoms with Gasteiger partial charge in [0.15, 0.2) is 0 Å². The third kappa shape index (κ3) is 3.67. The average molecular weight is 260 g/mol. The van der Waals surface area contributed by atoms with Crippen LogP contribution in [0.5, 0.6) is 0 Å². The highest BCUT2D eigenvalue weighted by Crippen LogP contribution is 2.23. The second-order valence-electron chi connectivity index (χ2n) is 3.45. The number of hydrogen-bond acceptors (Lipinski definition) is 5. The molecule has 0 aliphatic heterocycles. The number of aliphatic hydroxyl groups excluding tert-OH is 2. The Morgan fingerprint density at radius 2 is 1.65 bits per heavy atom. The summed E-state index contributed by atoms with van der Waals surface area (Å²) in [7, 11) is -3.82. The lowest BCUT2D eigenvalue weighted by Crippen LogP contribution is -2.31. The SMILES string of the molecule is NS(=O)(=O)c1ccccc1N(CCO)CCO. The van der Waals surface area contributed by atoms with Gasteiger partial charge in [-0.2, -0.15) is 0 Å². The van der Waals surface area contributed by atoms with Gasteiger partial charge in [0.2, 0.25) is 10.0 Å². The van der Waals surface area contributed by atoms with E-state index >= 15 is 0 Å². The van der Waals surface area contributed by atoms with Gasteiger partial charge >= 0.3 is 0 Å². The van der Waals surface area contributed by atoms with Crippen molar-refractivity contribution in [3.8, 4) is 0 Å². The third-order valence-corrected chi connectivity index (χ3v) is 3.21. The number of aliphatic hydroxyl groups is 2. The van der Waals surface area contributed by atoms with Crippen molar-refractivity contribution in [3.05, 3.63) is 24.3 Å². The van der Waals surface area contributed by atoms with E-state index in [1.807, 2.05) is 0 Å². The molecule has 0 aromatic heterocycles. The summed E-state index contributed by atoms with van der Waals surface area (Å²) < 4.78 is 22.8. The maximum atomic E-state index is 11.4. The van der Waals surface area contributed by atoms with Crippen LogP contribution in [0.2, 0.25) is 0 Å². The van der Waals surface area contributed by atoms with E-state index in [-0.39, 0.29) is 31.2 Å². The monoisotopic (exact) mass is 260 g/mol. The number of sulfonamides is 1. The van der Waals surface area contributed by atoms with Crippen LogP contribution in [0.25, 0.3) is 0 Å². The highest BCUT2D eigenvalue weighted by atomic mass is 32.2. The maximum absolute atomic E-state index is 11.4. The van der Waals surface area contributed by atoms with Gasteiger partial charge in [-0.05, 0) is 12.1 Å². The maximum Gasteiger partial charge on any atom is 0.240 e. The van der Waals surface area contributed by atoms with Gasteiger partial charge in [-0.15, -0.1) is 0 Å². The fraction of sp³-hybridized carbons (Fsp3) is 0.400. The molecule has 0 heterocycles. The van der Waals surface area contributed by atoms with Gasteiger partial charge in [-0.3, -0.25) is 0 Å². The molecule has 0 saturated carbocycles. The molecule has 0 aliphatic carbocycles. The summed E-state index contributed by atoms with van der Waals surface area (Å²) in [6.07, 6.45) is 0. The van der Waals surface area contributed by atoms with Gasteiger partial charge < -0.3 is 15.1 Å². The molecule has 6 nitrogen and oxygen atoms in total. The number of rotatable bonds is 6. The Kier molecular flexibility index (Phi) is 4.88. The molecule has 0 amide bonds. The topological polar surface area (TPSA) is 104 Å². The van der Waals surface area contributed by atoms with Crippen LogP contribution in [-0.4, -0.2) is 44.9 Å². The Hall–Kier alpha value is -1.15. The third-order valence-electron chi connectivity index (χ3n) is 2.25. The fourth-order valence-electron chi connectivity index (χ4n) is 1.55. The number of primary sulfonamides is 1. The molecule has 4 N–H and O–H groups in total. The summed E-state index contributed by atoms with van der Waals surface area (Å²) in [5.41, 5.74) is 0.387. The molecular formula is C10H16N2O4S. The lowest BCUT2D eigenvalue weighted by Gasteiger charge is -2.24. The predicted molar refractivity (Wildman–Crippen MR) is 64.2 cm³/mol. The molecule has 1 aromatic rings. The minimum Gasteiger partial charge on any atom is -0.395 e. The average Bonchev–Trinajstić information content (AvgIpc) is 2.28. The highest BCUT2D eigenvalue weighted by Gasteiger charge is 2.17. The minimum absolute atomic E-state index is 0.0121. The van der Waals surface area contributed by atoms with Crippen molar-refractivity contribution >= 4 is 15.7 Å². The summed E-state index contributed by atoms with van der Waals surface area (Å²) in [4.78, 5) is 1.56. The first-order valence-corrected chi connectivity index (χ1v) is 6.64. The van der Waals surface area contributed by atoms with Crippen LogP contribution < -0.4 is 10.0 Å². The molecule has 0 aliphatic rings. The molecule has 96 valence electrons. The molecule has 1 aromatic carbocycles. The number of para-hydroxylation sites is 1. The Bertz CT molecular complexity index is 455. The first-order valence-electron chi connectivity index (χ1n) is 5.09. The summed E-state index contributed by atoms with van der Waals surface area (Å²) in [5, 5.41) is 22.9. The normalized spacial score (nSPS) is 11.5. The minimum atomic E-state index is -3.82. The Morgan fingerprint density at radius 1 is 1.12 bits per heavy atom. The van der Waals surface area contributed by atoms with Crippen molar-refractivity contribution in [2.75, 3.05) is 31.2 Å². The first-order chi connectivity index (χ1) is 8.00. The molecule has 0 saturated heterocycles. The standard InChI is InChI=1S/C10H16N2O4S/c11-17(15,16)10-4-2-1-3-9(10)12(5-7-13)6-8-14/h1-4,13-14H,5-8H2,(H2,11,15,16). The smallest absolute Gasteiger partial charge is 0.240 e. The van der Waals surface area contributed by atoms with Crippen molar-refractivity contribution in [2.24, 2.45) is 5.14 Å². The molecule has 1 rings (SSSR count). The largest absolute Gasteiger partial charge is 0.395 e.